The normalized spacial score (nSPS) is 24.5. The lowest BCUT2D eigenvalue weighted by molar-refractivity contribution is -0.106. The Morgan fingerprint density at radius 2 is 1.65 bits per heavy atom. The Balaban J connectivity index is 1.74. The molecule has 0 bridgehead atoms. The average Bonchev–Trinajstić information content (AvgIpc) is 3.36. The molecule has 0 saturated carbocycles. The number of benzene rings is 2. The highest BCUT2D eigenvalue weighted by molar-refractivity contribution is 6.99. The topological polar surface area (TPSA) is 35.5 Å². The molecule has 1 saturated heterocycles. The van der Waals surface area contributed by atoms with Gasteiger partial charge in [-0.05, 0) is 40.6 Å². The van der Waals surface area contributed by atoms with Crippen molar-refractivity contribution in [3.63, 3.8) is 0 Å². The summed E-state index contributed by atoms with van der Waals surface area (Å²) in [5.74, 6) is 0.405. The van der Waals surface area contributed by atoms with Crippen molar-refractivity contribution in [2.75, 3.05) is 0 Å². The molecule has 4 heteroatoms. The highest BCUT2D eigenvalue weighted by Crippen LogP contribution is 2.43. The molecule has 164 valence electrons. The van der Waals surface area contributed by atoms with Crippen molar-refractivity contribution in [2.45, 2.75) is 70.3 Å². The van der Waals surface area contributed by atoms with Crippen molar-refractivity contribution >= 4 is 25.0 Å². The first-order valence-corrected chi connectivity index (χ1v) is 13.4. The number of hydrogen-bond acceptors (Lipinski definition) is 3. The quantitative estimate of drug-likeness (QED) is 0.470. The minimum atomic E-state index is -2.63. The van der Waals surface area contributed by atoms with Gasteiger partial charge in [0.1, 0.15) is 6.29 Å². The van der Waals surface area contributed by atoms with Gasteiger partial charge in [0, 0.05) is 5.57 Å². The van der Waals surface area contributed by atoms with Crippen LogP contribution in [-0.4, -0.2) is 32.9 Å². The van der Waals surface area contributed by atoms with Gasteiger partial charge in [-0.2, -0.15) is 0 Å². The average molecular weight is 435 g/mol. The fourth-order valence-electron chi connectivity index (χ4n) is 5.45. The van der Waals surface area contributed by atoms with Crippen LogP contribution in [0.25, 0.3) is 0 Å². The Morgan fingerprint density at radius 1 is 1.06 bits per heavy atom. The number of rotatable bonds is 7. The summed E-state index contributed by atoms with van der Waals surface area (Å²) in [4.78, 5) is 11.5. The minimum Gasteiger partial charge on any atom is -0.402 e. The molecule has 1 fully saturated rings. The molecule has 1 aliphatic carbocycles. The second-order valence-corrected chi connectivity index (χ2v) is 14.1. The van der Waals surface area contributed by atoms with E-state index in [0.29, 0.717) is 5.92 Å². The van der Waals surface area contributed by atoms with Crippen LogP contribution in [0.15, 0.2) is 72.3 Å². The molecule has 4 rings (SSSR count). The lowest BCUT2D eigenvalue weighted by Gasteiger charge is -2.46. The monoisotopic (exact) mass is 434 g/mol. The van der Waals surface area contributed by atoms with Gasteiger partial charge in [0.15, 0.2) is 0 Å². The lowest BCUT2D eigenvalue weighted by Crippen LogP contribution is -2.68. The standard InChI is InChI=1S/C27H34O3Si/c1-5-24(25-18-20-16-17-21(19-28)26(20)29-25)30-31(27(2,3)4,22-12-8-6-9-13-22)23-14-10-7-11-15-23/h6-15,17,19-20,24-26H,5,16,18H2,1-4H3/t20-,24-,25+,26+/m0/s1. The zero-order valence-corrected chi connectivity index (χ0v) is 20.1. The molecular formula is C27H34O3Si. The van der Waals surface area contributed by atoms with Gasteiger partial charge in [-0.15, -0.1) is 0 Å². The third-order valence-electron chi connectivity index (χ3n) is 6.97. The second kappa shape index (κ2) is 8.85. The number of fused-ring (bicyclic) bond motifs is 1. The molecule has 2 aliphatic rings. The molecule has 0 radical (unpaired) electrons. The largest absolute Gasteiger partial charge is 0.402 e. The molecule has 0 N–H and O–H groups in total. The predicted octanol–water partition coefficient (Wildman–Crippen LogP) is 4.64. The summed E-state index contributed by atoms with van der Waals surface area (Å²) in [6, 6.07) is 21.5. The Hall–Kier alpha value is -2.01. The van der Waals surface area contributed by atoms with Crippen LogP contribution in [0.3, 0.4) is 0 Å². The molecule has 0 amide bonds. The van der Waals surface area contributed by atoms with Crippen LogP contribution in [0.1, 0.15) is 47.0 Å². The smallest absolute Gasteiger partial charge is 0.261 e. The van der Waals surface area contributed by atoms with E-state index in [0.717, 1.165) is 31.1 Å². The number of allylic oxidation sites excluding steroid dienone is 1. The van der Waals surface area contributed by atoms with E-state index in [2.05, 4.69) is 88.4 Å². The zero-order valence-electron chi connectivity index (χ0n) is 19.1. The summed E-state index contributed by atoms with van der Waals surface area (Å²) >= 11 is 0. The molecule has 0 aromatic heterocycles. The van der Waals surface area contributed by atoms with Gasteiger partial charge in [0.2, 0.25) is 0 Å². The first-order valence-electron chi connectivity index (χ1n) is 11.5. The van der Waals surface area contributed by atoms with Gasteiger partial charge in [-0.1, -0.05) is 94.4 Å². The van der Waals surface area contributed by atoms with E-state index in [-0.39, 0.29) is 23.4 Å². The van der Waals surface area contributed by atoms with Crippen molar-refractivity contribution in [2.24, 2.45) is 5.92 Å². The summed E-state index contributed by atoms with van der Waals surface area (Å²) < 4.78 is 13.8. The number of ether oxygens (including phenoxy) is 1. The Kier molecular flexibility index (Phi) is 6.34. The van der Waals surface area contributed by atoms with E-state index in [1.54, 1.807) is 0 Å². The second-order valence-electron chi connectivity index (χ2n) is 9.88. The van der Waals surface area contributed by atoms with Crippen LogP contribution in [0.4, 0.5) is 0 Å². The van der Waals surface area contributed by atoms with Crippen LogP contribution >= 0.6 is 0 Å². The minimum absolute atomic E-state index is 0.00944. The highest BCUT2D eigenvalue weighted by Gasteiger charge is 2.53. The van der Waals surface area contributed by atoms with Crippen molar-refractivity contribution in [1.82, 2.24) is 0 Å². The summed E-state index contributed by atoms with van der Waals surface area (Å²) in [6.45, 7) is 9.12. The summed E-state index contributed by atoms with van der Waals surface area (Å²) in [5.41, 5.74) is 0.813. The Labute approximate surface area is 187 Å². The molecule has 0 spiro atoms. The van der Waals surface area contributed by atoms with E-state index >= 15 is 0 Å². The van der Waals surface area contributed by atoms with Crippen LogP contribution in [-0.2, 0) is 14.0 Å². The maximum atomic E-state index is 11.5. The molecule has 3 nitrogen and oxygen atoms in total. The van der Waals surface area contributed by atoms with Crippen molar-refractivity contribution in [1.29, 1.82) is 0 Å². The summed E-state index contributed by atoms with van der Waals surface area (Å²) in [6.07, 6.45) is 5.74. The van der Waals surface area contributed by atoms with Crippen molar-refractivity contribution in [3.8, 4) is 0 Å². The fraction of sp³-hybridized carbons (Fsp3) is 0.444. The van der Waals surface area contributed by atoms with E-state index in [4.69, 9.17) is 9.16 Å². The van der Waals surface area contributed by atoms with Gasteiger partial charge in [-0.25, -0.2) is 0 Å². The molecule has 2 aromatic rings. The van der Waals surface area contributed by atoms with Crippen molar-refractivity contribution in [3.05, 3.63) is 72.3 Å². The maximum Gasteiger partial charge on any atom is 0.261 e. The number of aldehydes is 1. The summed E-state index contributed by atoms with van der Waals surface area (Å²) in [5, 5.41) is 2.52. The fourth-order valence-corrected chi connectivity index (χ4v) is 10.2. The van der Waals surface area contributed by atoms with Gasteiger partial charge >= 0.3 is 0 Å². The van der Waals surface area contributed by atoms with Crippen LogP contribution in [0, 0.1) is 5.92 Å². The SMILES string of the molecule is CC[C@H](O[Si](c1ccccc1)(c1ccccc1)C(C)(C)C)[C@H]1C[C@@H]2CC=C(C=O)[C@@H]2O1. The van der Waals surface area contributed by atoms with E-state index in [1.807, 2.05) is 6.08 Å². The molecule has 31 heavy (non-hydrogen) atoms. The third kappa shape index (κ3) is 3.97. The predicted molar refractivity (Wildman–Crippen MR) is 128 cm³/mol. The van der Waals surface area contributed by atoms with Crippen LogP contribution < -0.4 is 10.4 Å². The van der Waals surface area contributed by atoms with Gasteiger partial charge in [-0.3, -0.25) is 4.79 Å². The van der Waals surface area contributed by atoms with E-state index in [1.165, 1.54) is 10.4 Å². The number of carbonyl (C=O) groups is 1. The Morgan fingerprint density at radius 3 is 2.13 bits per heavy atom. The van der Waals surface area contributed by atoms with E-state index in [9.17, 15) is 4.79 Å². The first-order chi connectivity index (χ1) is 14.9. The first kappa shape index (κ1) is 22.2. The highest BCUT2D eigenvalue weighted by atomic mass is 28.4. The van der Waals surface area contributed by atoms with E-state index < -0.39 is 8.32 Å². The maximum absolute atomic E-state index is 11.5. The zero-order chi connectivity index (χ0) is 22.1. The molecule has 1 aliphatic heterocycles. The van der Waals surface area contributed by atoms with Crippen LogP contribution in [0.5, 0.6) is 0 Å². The van der Waals surface area contributed by atoms with Gasteiger partial charge in [0.25, 0.3) is 8.32 Å². The van der Waals surface area contributed by atoms with Crippen LogP contribution in [0.2, 0.25) is 5.04 Å². The molecule has 0 unspecified atom stereocenters. The third-order valence-corrected chi connectivity index (χ3v) is 12.0. The molecule has 1 heterocycles. The lowest BCUT2D eigenvalue weighted by atomic mass is 9.97. The molecule has 2 aromatic carbocycles. The van der Waals surface area contributed by atoms with Crippen molar-refractivity contribution < 1.29 is 14.0 Å². The Bertz CT molecular complexity index is 877. The molecule has 4 atom stereocenters. The number of carbonyl (C=O) groups excluding carboxylic acids is 1. The number of hydrogen-bond donors (Lipinski definition) is 0. The van der Waals surface area contributed by atoms with Gasteiger partial charge in [0.05, 0.1) is 18.3 Å². The summed E-state index contributed by atoms with van der Waals surface area (Å²) in [7, 11) is -2.63. The van der Waals surface area contributed by atoms with Gasteiger partial charge < -0.3 is 9.16 Å². The molecular weight excluding hydrogens is 400 g/mol.